The molecule has 0 unspecified atom stereocenters. The Morgan fingerprint density at radius 2 is 2.26 bits per heavy atom. The molecule has 0 aliphatic rings. The fourth-order valence-corrected chi connectivity index (χ4v) is 2.87. The fourth-order valence-electron chi connectivity index (χ4n) is 1.72. The van der Waals surface area contributed by atoms with Gasteiger partial charge in [-0.15, -0.1) is 11.3 Å². The van der Waals surface area contributed by atoms with E-state index in [4.69, 9.17) is 10.5 Å². The molecule has 2 aromatic rings. The molecule has 4 nitrogen and oxygen atoms in total. The summed E-state index contributed by atoms with van der Waals surface area (Å²) in [6.07, 6.45) is 0.692. The van der Waals surface area contributed by atoms with Crippen LogP contribution in [0.15, 0.2) is 28.1 Å². The lowest BCUT2D eigenvalue weighted by Gasteiger charge is -2.05. The highest BCUT2D eigenvalue weighted by molar-refractivity contribution is 9.10. The number of nitrogens with zero attached hydrogens (tertiary/aromatic N) is 1. The quantitative estimate of drug-likeness (QED) is 0.908. The first-order valence-corrected chi connectivity index (χ1v) is 7.29. The molecular formula is C13H13BrN2O2S. The number of halogens is 1. The summed E-state index contributed by atoms with van der Waals surface area (Å²) < 4.78 is 5.99. The minimum atomic E-state index is 0.113. The van der Waals surface area contributed by atoms with E-state index in [1.807, 2.05) is 23.6 Å². The number of methoxy groups -OCH3 is 1. The number of ketones is 1. The Morgan fingerprint density at radius 1 is 1.47 bits per heavy atom. The van der Waals surface area contributed by atoms with Crippen molar-refractivity contribution in [3.05, 3.63) is 39.3 Å². The smallest absolute Gasteiger partial charge is 0.180 e. The molecule has 6 heteroatoms. The van der Waals surface area contributed by atoms with Gasteiger partial charge in [0.05, 0.1) is 17.3 Å². The van der Waals surface area contributed by atoms with E-state index in [1.54, 1.807) is 7.11 Å². The molecule has 1 aromatic heterocycles. The second kappa shape index (κ2) is 6.16. The lowest BCUT2D eigenvalue weighted by Crippen LogP contribution is -2.07. The molecule has 0 aliphatic carbocycles. The van der Waals surface area contributed by atoms with Crippen LogP contribution in [0, 0.1) is 0 Å². The predicted octanol–water partition coefficient (Wildman–Crippen LogP) is 2.85. The third-order valence-electron chi connectivity index (χ3n) is 2.57. The summed E-state index contributed by atoms with van der Waals surface area (Å²) in [5.41, 5.74) is 7.22. The summed E-state index contributed by atoms with van der Waals surface area (Å²) in [7, 11) is 1.61. The minimum Gasteiger partial charge on any atom is -0.496 e. The number of aromatic nitrogens is 1. The largest absolute Gasteiger partial charge is 0.496 e. The van der Waals surface area contributed by atoms with Crippen molar-refractivity contribution in [2.45, 2.75) is 12.8 Å². The van der Waals surface area contributed by atoms with Gasteiger partial charge in [0.25, 0.3) is 0 Å². The SMILES string of the molecule is COc1ccc(CC(=O)Cc2csc(N)n2)cc1Br. The van der Waals surface area contributed by atoms with Crippen LogP contribution in [0.2, 0.25) is 0 Å². The first-order valence-electron chi connectivity index (χ1n) is 5.62. The number of benzene rings is 1. The Hall–Kier alpha value is -1.40. The van der Waals surface area contributed by atoms with E-state index in [-0.39, 0.29) is 5.78 Å². The second-order valence-electron chi connectivity index (χ2n) is 4.04. The molecule has 19 heavy (non-hydrogen) atoms. The van der Waals surface area contributed by atoms with Crippen molar-refractivity contribution >= 4 is 38.2 Å². The van der Waals surface area contributed by atoms with Crippen molar-refractivity contribution in [2.24, 2.45) is 0 Å². The van der Waals surface area contributed by atoms with Gasteiger partial charge in [0, 0.05) is 18.2 Å². The molecule has 0 fully saturated rings. The van der Waals surface area contributed by atoms with E-state index in [2.05, 4.69) is 20.9 Å². The van der Waals surface area contributed by atoms with Gasteiger partial charge in [-0.25, -0.2) is 4.98 Å². The Labute approximate surface area is 123 Å². The van der Waals surface area contributed by atoms with Crippen LogP contribution in [-0.2, 0) is 17.6 Å². The van der Waals surface area contributed by atoms with Gasteiger partial charge in [0.2, 0.25) is 0 Å². The van der Waals surface area contributed by atoms with Gasteiger partial charge in [-0.1, -0.05) is 6.07 Å². The van der Waals surface area contributed by atoms with Crippen LogP contribution in [0.3, 0.4) is 0 Å². The lowest BCUT2D eigenvalue weighted by atomic mass is 10.1. The average molecular weight is 341 g/mol. The highest BCUT2D eigenvalue weighted by Crippen LogP contribution is 2.25. The van der Waals surface area contributed by atoms with Crippen molar-refractivity contribution in [3.63, 3.8) is 0 Å². The zero-order chi connectivity index (χ0) is 13.8. The Morgan fingerprint density at radius 3 is 2.84 bits per heavy atom. The molecular weight excluding hydrogens is 328 g/mol. The molecule has 1 heterocycles. The van der Waals surface area contributed by atoms with Crippen LogP contribution in [-0.4, -0.2) is 17.9 Å². The molecule has 1 aromatic carbocycles. The number of carbonyl (C=O) groups is 1. The van der Waals surface area contributed by atoms with Crippen molar-refractivity contribution in [3.8, 4) is 5.75 Å². The highest BCUT2D eigenvalue weighted by Gasteiger charge is 2.09. The van der Waals surface area contributed by atoms with Crippen LogP contribution in [0.25, 0.3) is 0 Å². The highest BCUT2D eigenvalue weighted by atomic mass is 79.9. The van der Waals surface area contributed by atoms with Gasteiger partial charge in [-0.2, -0.15) is 0 Å². The topological polar surface area (TPSA) is 65.2 Å². The monoisotopic (exact) mass is 340 g/mol. The zero-order valence-corrected chi connectivity index (χ0v) is 12.8. The molecule has 2 N–H and O–H groups in total. The molecule has 0 aliphatic heterocycles. The lowest BCUT2D eigenvalue weighted by molar-refractivity contribution is -0.117. The maximum atomic E-state index is 11.9. The maximum absolute atomic E-state index is 11.9. The van der Waals surface area contributed by atoms with Crippen LogP contribution >= 0.6 is 27.3 Å². The second-order valence-corrected chi connectivity index (χ2v) is 5.78. The van der Waals surface area contributed by atoms with Crippen LogP contribution in [0.5, 0.6) is 5.75 Å². The van der Waals surface area contributed by atoms with Crippen molar-refractivity contribution in [2.75, 3.05) is 12.8 Å². The number of hydrogen-bond acceptors (Lipinski definition) is 5. The first kappa shape index (κ1) is 14.0. The molecule has 0 saturated carbocycles. The summed E-state index contributed by atoms with van der Waals surface area (Å²) >= 11 is 4.75. The number of rotatable bonds is 5. The van der Waals surface area contributed by atoms with E-state index in [0.29, 0.717) is 18.0 Å². The van der Waals surface area contributed by atoms with Crippen molar-refractivity contribution in [1.29, 1.82) is 0 Å². The van der Waals surface area contributed by atoms with E-state index < -0.39 is 0 Å². The number of nitrogen functional groups attached to an aromatic ring is 1. The van der Waals surface area contributed by atoms with Crippen molar-refractivity contribution < 1.29 is 9.53 Å². The number of anilines is 1. The third kappa shape index (κ3) is 3.78. The number of ether oxygens (including phenoxy) is 1. The Balaban J connectivity index is 2.00. The molecule has 0 atom stereocenters. The van der Waals surface area contributed by atoms with E-state index in [0.717, 1.165) is 21.5 Å². The van der Waals surface area contributed by atoms with Crippen LogP contribution in [0.4, 0.5) is 5.13 Å². The first-order chi connectivity index (χ1) is 9.08. The molecule has 0 amide bonds. The number of nitrogens with two attached hydrogens (primary N) is 1. The Kier molecular flexibility index (Phi) is 4.55. The van der Waals surface area contributed by atoms with Crippen molar-refractivity contribution in [1.82, 2.24) is 4.98 Å². The molecule has 0 bridgehead atoms. The van der Waals surface area contributed by atoms with Gasteiger partial charge in [-0.05, 0) is 33.6 Å². The molecule has 0 spiro atoms. The molecule has 100 valence electrons. The van der Waals surface area contributed by atoms with Crippen LogP contribution in [0.1, 0.15) is 11.3 Å². The van der Waals surface area contributed by atoms with Gasteiger partial charge < -0.3 is 10.5 Å². The number of hydrogen-bond donors (Lipinski definition) is 1. The third-order valence-corrected chi connectivity index (χ3v) is 3.91. The van der Waals surface area contributed by atoms with Gasteiger partial charge in [-0.3, -0.25) is 4.79 Å². The van der Waals surface area contributed by atoms with Gasteiger partial charge >= 0.3 is 0 Å². The summed E-state index contributed by atoms with van der Waals surface area (Å²) in [5, 5.41) is 2.31. The number of Topliss-reactive ketones (excluding diaryl/α,β-unsaturated/α-hetero) is 1. The van der Waals surface area contributed by atoms with E-state index in [9.17, 15) is 4.79 Å². The molecule has 2 rings (SSSR count). The summed E-state index contributed by atoms with van der Waals surface area (Å²) in [4.78, 5) is 16.0. The summed E-state index contributed by atoms with van der Waals surface area (Å²) in [6, 6.07) is 5.62. The fraction of sp³-hybridized carbons (Fsp3) is 0.231. The zero-order valence-electron chi connectivity index (χ0n) is 10.4. The Bertz CT molecular complexity index is 598. The van der Waals surface area contributed by atoms with Gasteiger partial charge in [0.15, 0.2) is 5.13 Å². The number of carbonyl (C=O) groups excluding carboxylic acids is 1. The van der Waals surface area contributed by atoms with Crippen LogP contribution < -0.4 is 10.5 Å². The summed E-state index contributed by atoms with van der Waals surface area (Å²) in [5.74, 6) is 0.867. The van der Waals surface area contributed by atoms with E-state index >= 15 is 0 Å². The number of thiazole rings is 1. The maximum Gasteiger partial charge on any atom is 0.180 e. The molecule has 0 radical (unpaired) electrons. The predicted molar refractivity (Wildman–Crippen MR) is 79.6 cm³/mol. The average Bonchev–Trinajstić information content (AvgIpc) is 2.74. The summed E-state index contributed by atoms with van der Waals surface area (Å²) in [6.45, 7) is 0. The normalized spacial score (nSPS) is 10.4. The van der Waals surface area contributed by atoms with Gasteiger partial charge in [0.1, 0.15) is 11.5 Å². The minimum absolute atomic E-state index is 0.113. The van der Waals surface area contributed by atoms with E-state index in [1.165, 1.54) is 11.3 Å². The standard InChI is InChI=1S/C13H13BrN2O2S/c1-18-12-3-2-8(5-11(12)14)4-10(17)6-9-7-19-13(15)16-9/h2-3,5,7H,4,6H2,1H3,(H2,15,16). The molecule has 0 saturated heterocycles.